The van der Waals surface area contributed by atoms with Gasteiger partial charge < -0.3 is 19.4 Å². The number of fused-ring (bicyclic) bond motifs is 3. The summed E-state index contributed by atoms with van der Waals surface area (Å²) in [6, 6.07) is 6.20. The van der Waals surface area contributed by atoms with Crippen LogP contribution in [0.1, 0.15) is 63.2 Å². The Bertz CT molecular complexity index is 1000. The molecular weight excluding hydrogens is 486 g/mol. The van der Waals surface area contributed by atoms with E-state index in [0.29, 0.717) is 12.5 Å². The molecule has 2 saturated heterocycles. The van der Waals surface area contributed by atoms with Crippen LogP contribution < -0.4 is 4.74 Å². The van der Waals surface area contributed by atoms with Crippen molar-refractivity contribution >= 4 is 46.4 Å². The number of nitrogens with one attached hydrogen (secondary N) is 1. The van der Waals surface area contributed by atoms with E-state index in [1.165, 1.54) is 5.56 Å². The zero-order valence-electron chi connectivity index (χ0n) is 20.5. The highest BCUT2D eigenvalue weighted by Gasteiger charge is 2.49. The number of carbonyl (C=O) groups is 1. The lowest BCUT2D eigenvalue weighted by Gasteiger charge is -2.33. The molecule has 3 aliphatic heterocycles. The summed E-state index contributed by atoms with van der Waals surface area (Å²) in [4.78, 5) is 24.2. The zero-order chi connectivity index (χ0) is 21.8. The fourth-order valence-corrected chi connectivity index (χ4v) is 5.28. The fraction of sp³-hybridized carbons (Fsp3) is 0.600. The standard InChI is InChI=1S/C25H33N3O3.3H2S/c1-15(2)17(4)24(29)28-13-25(8-5-9-30-14-25)11-20(28)23-26-19-12-31-21-10-16(3)6-7-18(21)22(19)27-23;;;/h6-7,10,15,17,20H,5,8-9,11-14H2,1-4H3,(H,26,27);3*1H2/t17-,20-,25-;;;/m0.../s1. The Hall–Kier alpha value is -1.29. The van der Waals surface area contributed by atoms with Gasteiger partial charge in [-0.05, 0) is 49.8 Å². The summed E-state index contributed by atoms with van der Waals surface area (Å²) in [6.07, 6.45) is 3.07. The lowest BCUT2D eigenvalue weighted by molar-refractivity contribution is -0.138. The van der Waals surface area contributed by atoms with Crippen molar-refractivity contribution in [2.45, 2.75) is 59.6 Å². The zero-order valence-corrected chi connectivity index (χ0v) is 23.5. The number of imidazole rings is 1. The summed E-state index contributed by atoms with van der Waals surface area (Å²) in [5.41, 5.74) is 4.19. The van der Waals surface area contributed by atoms with Crippen LogP contribution in [0.5, 0.6) is 5.75 Å². The number of benzene rings is 1. The molecule has 9 heteroatoms. The number of likely N-dealkylation sites (tertiary alicyclic amines) is 1. The molecule has 34 heavy (non-hydrogen) atoms. The first-order chi connectivity index (χ1) is 14.9. The molecule has 1 aromatic carbocycles. The first-order valence-corrected chi connectivity index (χ1v) is 11.6. The van der Waals surface area contributed by atoms with E-state index in [9.17, 15) is 4.79 Å². The van der Waals surface area contributed by atoms with Gasteiger partial charge in [0.1, 0.15) is 18.2 Å². The monoisotopic (exact) mass is 525 g/mol. The van der Waals surface area contributed by atoms with Crippen LogP contribution in [0.3, 0.4) is 0 Å². The lowest BCUT2D eigenvalue weighted by atomic mass is 9.80. The second-order valence-electron chi connectivity index (χ2n) is 10.1. The van der Waals surface area contributed by atoms with Crippen molar-refractivity contribution in [3.8, 4) is 17.0 Å². The number of H-pyrrole nitrogens is 1. The molecule has 0 saturated carbocycles. The van der Waals surface area contributed by atoms with Crippen LogP contribution in [-0.4, -0.2) is 40.5 Å². The van der Waals surface area contributed by atoms with Gasteiger partial charge in [-0.1, -0.05) is 26.8 Å². The van der Waals surface area contributed by atoms with E-state index >= 15 is 0 Å². The molecule has 3 aliphatic rings. The highest BCUT2D eigenvalue weighted by Crippen LogP contribution is 2.48. The number of amides is 1. The SMILES string of the molecule is Cc1ccc2c(c1)OCc1[nH]c([C@@H]3C[C@@]4(CCCOC4)CN3C(=O)[C@@H](C)C(C)C)nc1-2.S.S.S. The molecule has 2 fully saturated rings. The van der Waals surface area contributed by atoms with Crippen molar-refractivity contribution in [3.05, 3.63) is 35.3 Å². The summed E-state index contributed by atoms with van der Waals surface area (Å²) in [7, 11) is 0. The van der Waals surface area contributed by atoms with Gasteiger partial charge in [-0.15, -0.1) is 0 Å². The molecule has 1 N–H and O–H groups in total. The Morgan fingerprint density at radius 1 is 1.24 bits per heavy atom. The molecule has 3 atom stereocenters. The third-order valence-electron chi connectivity index (χ3n) is 7.46. The maximum Gasteiger partial charge on any atom is 0.226 e. The molecule has 1 aromatic heterocycles. The van der Waals surface area contributed by atoms with E-state index in [4.69, 9.17) is 14.5 Å². The number of aromatic nitrogens is 2. The number of aromatic amines is 1. The number of carbonyl (C=O) groups excluding carboxylic acids is 1. The van der Waals surface area contributed by atoms with Crippen LogP contribution >= 0.6 is 40.5 Å². The maximum atomic E-state index is 13.5. The summed E-state index contributed by atoms with van der Waals surface area (Å²) in [5, 5.41) is 0. The lowest BCUT2D eigenvalue weighted by Crippen LogP contribution is -2.40. The van der Waals surface area contributed by atoms with Crippen LogP contribution in [0.15, 0.2) is 18.2 Å². The van der Waals surface area contributed by atoms with Crippen molar-refractivity contribution in [3.63, 3.8) is 0 Å². The smallest absolute Gasteiger partial charge is 0.226 e. The minimum atomic E-state index is -0.0464. The van der Waals surface area contributed by atoms with Crippen LogP contribution in [-0.2, 0) is 16.1 Å². The van der Waals surface area contributed by atoms with E-state index in [0.717, 1.165) is 67.5 Å². The maximum absolute atomic E-state index is 13.5. The molecule has 1 spiro atoms. The van der Waals surface area contributed by atoms with Gasteiger partial charge >= 0.3 is 0 Å². The molecule has 1 amide bonds. The summed E-state index contributed by atoms with van der Waals surface area (Å²) in [5.74, 6) is 2.28. The van der Waals surface area contributed by atoms with E-state index in [1.54, 1.807) is 0 Å². The molecule has 5 rings (SSSR count). The van der Waals surface area contributed by atoms with E-state index in [-0.39, 0.29) is 63.8 Å². The van der Waals surface area contributed by atoms with Crippen molar-refractivity contribution in [1.29, 1.82) is 0 Å². The number of hydrogen-bond acceptors (Lipinski definition) is 4. The largest absolute Gasteiger partial charge is 0.487 e. The van der Waals surface area contributed by atoms with Crippen molar-refractivity contribution < 1.29 is 14.3 Å². The first kappa shape index (κ1) is 28.9. The van der Waals surface area contributed by atoms with Crippen LogP contribution in [0, 0.1) is 24.2 Å². The molecule has 0 aliphatic carbocycles. The molecule has 2 aromatic rings. The highest BCUT2D eigenvalue weighted by molar-refractivity contribution is 7.59. The average molecular weight is 526 g/mol. The Morgan fingerprint density at radius 2 is 2.00 bits per heavy atom. The van der Waals surface area contributed by atoms with Gasteiger partial charge in [0.05, 0.1) is 24.0 Å². The van der Waals surface area contributed by atoms with Crippen molar-refractivity contribution in [1.82, 2.24) is 14.9 Å². The number of rotatable bonds is 3. The number of aryl methyl sites for hydroxylation is 1. The normalized spacial score (nSPS) is 23.7. The number of ether oxygens (including phenoxy) is 2. The van der Waals surface area contributed by atoms with Gasteiger partial charge in [0.25, 0.3) is 0 Å². The first-order valence-electron chi connectivity index (χ1n) is 11.6. The van der Waals surface area contributed by atoms with Gasteiger partial charge in [-0.2, -0.15) is 40.5 Å². The molecule has 0 bridgehead atoms. The molecule has 6 nitrogen and oxygen atoms in total. The quantitative estimate of drug-likeness (QED) is 0.614. The minimum Gasteiger partial charge on any atom is -0.487 e. The fourth-order valence-electron chi connectivity index (χ4n) is 5.28. The van der Waals surface area contributed by atoms with Gasteiger partial charge in [-0.25, -0.2) is 4.98 Å². The highest BCUT2D eigenvalue weighted by atomic mass is 32.1. The van der Waals surface area contributed by atoms with Crippen molar-refractivity contribution in [2.75, 3.05) is 19.8 Å². The molecule has 190 valence electrons. The Labute approximate surface area is 223 Å². The third kappa shape index (κ3) is 5.13. The Balaban J connectivity index is 0.00000136. The van der Waals surface area contributed by atoms with Crippen molar-refractivity contribution in [2.24, 2.45) is 17.3 Å². The van der Waals surface area contributed by atoms with Gasteiger partial charge in [0.2, 0.25) is 5.91 Å². The van der Waals surface area contributed by atoms with Gasteiger partial charge in [0, 0.05) is 30.0 Å². The summed E-state index contributed by atoms with van der Waals surface area (Å²) < 4.78 is 11.9. The second kappa shape index (κ2) is 11.2. The minimum absolute atomic E-state index is 0. The van der Waals surface area contributed by atoms with E-state index < -0.39 is 0 Å². The Kier molecular flexibility index (Phi) is 9.52. The molecule has 0 unspecified atom stereocenters. The summed E-state index contributed by atoms with van der Waals surface area (Å²) >= 11 is 0. The van der Waals surface area contributed by atoms with Gasteiger partial charge in [-0.3, -0.25) is 4.79 Å². The molecule has 0 radical (unpaired) electrons. The predicted octanol–water partition coefficient (Wildman–Crippen LogP) is 4.98. The van der Waals surface area contributed by atoms with Crippen LogP contribution in [0.2, 0.25) is 0 Å². The molecular formula is C25H39N3O3S3. The average Bonchev–Trinajstić information content (AvgIpc) is 3.35. The van der Waals surface area contributed by atoms with Gasteiger partial charge in [0.15, 0.2) is 0 Å². The van der Waals surface area contributed by atoms with Crippen LogP contribution in [0.25, 0.3) is 11.3 Å². The predicted molar refractivity (Wildman–Crippen MR) is 150 cm³/mol. The molecule has 4 heterocycles. The topological polar surface area (TPSA) is 67.5 Å². The Morgan fingerprint density at radius 3 is 2.68 bits per heavy atom. The summed E-state index contributed by atoms with van der Waals surface area (Å²) in [6.45, 7) is 11.1. The van der Waals surface area contributed by atoms with E-state index in [2.05, 4.69) is 48.9 Å². The second-order valence-corrected chi connectivity index (χ2v) is 10.1. The number of hydrogen-bond donors (Lipinski definition) is 1. The number of nitrogens with zero attached hydrogens (tertiary/aromatic N) is 2. The third-order valence-corrected chi connectivity index (χ3v) is 7.46. The van der Waals surface area contributed by atoms with E-state index in [1.807, 2.05) is 6.92 Å². The van der Waals surface area contributed by atoms with Crippen LogP contribution in [0.4, 0.5) is 0 Å².